The second-order valence-corrected chi connectivity index (χ2v) is 7.29. The van der Waals surface area contributed by atoms with E-state index in [0.717, 1.165) is 47.9 Å². The smallest absolute Gasteiger partial charge is 0.146 e. The molecule has 0 atom stereocenters. The van der Waals surface area contributed by atoms with Crippen molar-refractivity contribution in [3.63, 3.8) is 0 Å². The molecule has 4 nitrogen and oxygen atoms in total. The van der Waals surface area contributed by atoms with Gasteiger partial charge in [0.1, 0.15) is 16.5 Å². The first-order valence-corrected chi connectivity index (χ1v) is 8.71. The van der Waals surface area contributed by atoms with E-state index in [1.165, 1.54) is 12.8 Å². The van der Waals surface area contributed by atoms with Crippen molar-refractivity contribution in [2.24, 2.45) is 0 Å². The predicted octanol–water partition coefficient (Wildman–Crippen LogP) is 3.89. The van der Waals surface area contributed by atoms with Crippen molar-refractivity contribution in [3.05, 3.63) is 17.3 Å². The van der Waals surface area contributed by atoms with Crippen molar-refractivity contribution in [2.45, 2.75) is 52.1 Å². The van der Waals surface area contributed by atoms with Crippen LogP contribution in [0.5, 0.6) is 0 Å². The number of fused-ring (bicyclic) bond motifs is 1. The molecule has 1 aliphatic rings. The van der Waals surface area contributed by atoms with Gasteiger partial charge in [-0.15, -0.1) is 11.3 Å². The van der Waals surface area contributed by atoms with Gasteiger partial charge in [-0.2, -0.15) is 0 Å². The third kappa shape index (κ3) is 3.04. The lowest BCUT2D eigenvalue weighted by Gasteiger charge is -2.30. The summed E-state index contributed by atoms with van der Waals surface area (Å²) in [5.41, 5.74) is 0.269. The molecular formula is C16H24N4S. The van der Waals surface area contributed by atoms with E-state index in [9.17, 15) is 0 Å². The third-order valence-electron chi connectivity index (χ3n) is 4.32. The van der Waals surface area contributed by atoms with Crippen molar-refractivity contribution in [1.82, 2.24) is 14.9 Å². The van der Waals surface area contributed by atoms with Crippen LogP contribution in [0.15, 0.2) is 11.4 Å². The van der Waals surface area contributed by atoms with Gasteiger partial charge in [0.05, 0.1) is 11.9 Å². The number of thiophene rings is 1. The molecule has 2 aromatic heterocycles. The normalized spacial score (nSPS) is 18.4. The van der Waals surface area contributed by atoms with E-state index in [1.54, 1.807) is 11.3 Å². The van der Waals surface area contributed by atoms with Crippen molar-refractivity contribution < 1.29 is 0 Å². The van der Waals surface area contributed by atoms with Crippen LogP contribution in [0.25, 0.3) is 10.2 Å². The molecule has 0 radical (unpaired) electrons. The van der Waals surface area contributed by atoms with E-state index in [2.05, 4.69) is 42.4 Å². The third-order valence-corrected chi connectivity index (χ3v) is 5.13. The second kappa shape index (κ2) is 5.89. The summed E-state index contributed by atoms with van der Waals surface area (Å²) in [6.45, 7) is 9.77. The van der Waals surface area contributed by atoms with Crippen LogP contribution in [-0.4, -0.2) is 33.5 Å². The molecule has 3 rings (SSSR count). The van der Waals surface area contributed by atoms with Crippen LogP contribution in [0.4, 0.5) is 5.82 Å². The highest BCUT2D eigenvalue weighted by molar-refractivity contribution is 7.16. The zero-order valence-electron chi connectivity index (χ0n) is 13.1. The minimum absolute atomic E-state index is 0.269. The molecule has 114 valence electrons. The SMILES string of the molecule is CCCNc1nc(CN2CCCC2(C)C)nc2sccc12. The van der Waals surface area contributed by atoms with Crippen LogP contribution in [0.3, 0.4) is 0 Å². The van der Waals surface area contributed by atoms with Crippen LogP contribution in [0.2, 0.25) is 0 Å². The Morgan fingerprint density at radius 2 is 2.24 bits per heavy atom. The first-order chi connectivity index (χ1) is 10.1. The number of nitrogens with zero attached hydrogens (tertiary/aromatic N) is 3. The van der Waals surface area contributed by atoms with Crippen molar-refractivity contribution in [1.29, 1.82) is 0 Å². The highest BCUT2D eigenvalue weighted by Gasteiger charge is 2.32. The zero-order chi connectivity index (χ0) is 14.9. The van der Waals surface area contributed by atoms with Crippen molar-refractivity contribution >= 4 is 27.4 Å². The number of anilines is 1. The molecule has 0 unspecified atom stereocenters. The number of rotatable bonds is 5. The summed E-state index contributed by atoms with van der Waals surface area (Å²) < 4.78 is 0. The largest absolute Gasteiger partial charge is 0.369 e. The fourth-order valence-electron chi connectivity index (χ4n) is 2.98. The van der Waals surface area contributed by atoms with E-state index in [-0.39, 0.29) is 5.54 Å². The Kier molecular flexibility index (Phi) is 4.13. The minimum atomic E-state index is 0.269. The maximum Gasteiger partial charge on any atom is 0.146 e. The maximum atomic E-state index is 4.78. The van der Waals surface area contributed by atoms with Crippen LogP contribution in [0.1, 0.15) is 45.9 Å². The quantitative estimate of drug-likeness (QED) is 0.910. The molecule has 0 saturated carbocycles. The van der Waals surface area contributed by atoms with Gasteiger partial charge in [-0.05, 0) is 51.1 Å². The van der Waals surface area contributed by atoms with Gasteiger partial charge in [0.15, 0.2) is 0 Å². The molecule has 2 aromatic rings. The van der Waals surface area contributed by atoms with E-state index >= 15 is 0 Å². The first-order valence-electron chi connectivity index (χ1n) is 7.83. The van der Waals surface area contributed by atoms with Gasteiger partial charge in [-0.25, -0.2) is 9.97 Å². The molecule has 0 spiro atoms. The van der Waals surface area contributed by atoms with E-state index in [4.69, 9.17) is 9.97 Å². The van der Waals surface area contributed by atoms with Gasteiger partial charge in [-0.1, -0.05) is 6.92 Å². The first kappa shape index (κ1) is 14.7. The summed E-state index contributed by atoms with van der Waals surface area (Å²) in [5, 5.41) is 6.69. The lowest BCUT2D eigenvalue weighted by Crippen LogP contribution is -2.37. The molecule has 1 aliphatic heterocycles. The average molecular weight is 304 g/mol. The Labute approximate surface area is 130 Å². The molecule has 1 fully saturated rings. The number of hydrogen-bond donors (Lipinski definition) is 1. The van der Waals surface area contributed by atoms with Gasteiger partial charge >= 0.3 is 0 Å². The monoisotopic (exact) mass is 304 g/mol. The summed E-state index contributed by atoms with van der Waals surface area (Å²) in [7, 11) is 0. The van der Waals surface area contributed by atoms with Crippen molar-refractivity contribution in [3.8, 4) is 0 Å². The summed E-state index contributed by atoms with van der Waals surface area (Å²) in [6, 6.07) is 2.11. The van der Waals surface area contributed by atoms with Crippen LogP contribution < -0.4 is 5.32 Å². The molecular weight excluding hydrogens is 280 g/mol. The lowest BCUT2D eigenvalue weighted by molar-refractivity contribution is 0.162. The number of aromatic nitrogens is 2. The summed E-state index contributed by atoms with van der Waals surface area (Å²) in [4.78, 5) is 13.1. The Bertz CT molecular complexity index is 620. The highest BCUT2D eigenvalue weighted by atomic mass is 32.1. The molecule has 0 aliphatic carbocycles. The van der Waals surface area contributed by atoms with Gasteiger partial charge in [0, 0.05) is 12.1 Å². The Hall–Kier alpha value is -1.20. The molecule has 1 N–H and O–H groups in total. The number of hydrogen-bond acceptors (Lipinski definition) is 5. The predicted molar refractivity (Wildman–Crippen MR) is 89.9 cm³/mol. The fourth-order valence-corrected chi connectivity index (χ4v) is 3.76. The highest BCUT2D eigenvalue weighted by Crippen LogP contribution is 2.30. The van der Waals surface area contributed by atoms with Gasteiger partial charge in [0.25, 0.3) is 0 Å². The van der Waals surface area contributed by atoms with Crippen LogP contribution >= 0.6 is 11.3 Å². The molecule has 5 heteroatoms. The molecule has 21 heavy (non-hydrogen) atoms. The molecule has 0 amide bonds. The van der Waals surface area contributed by atoms with Gasteiger partial charge in [-0.3, -0.25) is 4.90 Å². The van der Waals surface area contributed by atoms with E-state index in [0.29, 0.717) is 0 Å². The topological polar surface area (TPSA) is 41.1 Å². The summed E-state index contributed by atoms with van der Waals surface area (Å²) in [5.74, 6) is 1.94. The van der Waals surface area contributed by atoms with E-state index in [1.807, 2.05) is 0 Å². The standard InChI is InChI=1S/C16H24N4S/c1-4-8-17-14-12-6-10-21-15(12)19-13(18-14)11-20-9-5-7-16(20,2)3/h6,10H,4-5,7-9,11H2,1-3H3,(H,17,18,19). The van der Waals surface area contributed by atoms with Crippen LogP contribution in [0, 0.1) is 0 Å². The summed E-state index contributed by atoms with van der Waals surface area (Å²) >= 11 is 1.70. The summed E-state index contributed by atoms with van der Waals surface area (Å²) in [6.07, 6.45) is 3.63. The zero-order valence-corrected chi connectivity index (χ0v) is 14.0. The average Bonchev–Trinajstić information content (AvgIpc) is 3.03. The lowest BCUT2D eigenvalue weighted by atomic mass is 10.0. The number of likely N-dealkylation sites (tertiary alicyclic amines) is 1. The fraction of sp³-hybridized carbons (Fsp3) is 0.625. The van der Waals surface area contributed by atoms with E-state index < -0.39 is 0 Å². The Morgan fingerprint density at radius 1 is 1.38 bits per heavy atom. The maximum absolute atomic E-state index is 4.78. The van der Waals surface area contributed by atoms with Gasteiger partial charge < -0.3 is 5.32 Å². The van der Waals surface area contributed by atoms with Crippen molar-refractivity contribution in [2.75, 3.05) is 18.4 Å². The minimum Gasteiger partial charge on any atom is -0.369 e. The second-order valence-electron chi connectivity index (χ2n) is 6.39. The van der Waals surface area contributed by atoms with Gasteiger partial charge in [0.2, 0.25) is 0 Å². The molecule has 0 bridgehead atoms. The Morgan fingerprint density at radius 3 is 2.95 bits per heavy atom. The molecule has 1 saturated heterocycles. The van der Waals surface area contributed by atoms with Crippen LogP contribution in [-0.2, 0) is 6.54 Å². The number of nitrogens with one attached hydrogen (secondary N) is 1. The molecule has 0 aromatic carbocycles. The molecule has 3 heterocycles. The Balaban J connectivity index is 1.88.